The zero-order valence-electron chi connectivity index (χ0n) is 18.2. The van der Waals surface area contributed by atoms with Crippen molar-refractivity contribution < 1.29 is 14.3 Å². The molecule has 2 aliphatic rings. The number of nitrogens with zero attached hydrogens (tertiary/aromatic N) is 2. The molecule has 2 aromatic rings. The Hall–Kier alpha value is -2.57. The quantitative estimate of drug-likeness (QED) is 0.740. The monoisotopic (exact) mass is 455 g/mol. The number of halogens is 1. The molecule has 0 aromatic heterocycles. The minimum absolute atomic E-state index is 0.0130. The van der Waals surface area contributed by atoms with Gasteiger partial charge in [0, 0.05) is 36.1 Å². The molecule has 2 fully saturated rings. The van der Waals surface area contributed by atoms with E-state index in [1.165, 1.54) is 10.5 Å². The molecule has 1 heterocycles. The highest BCUT2D eigenvalue weighted by atomic mass is 35.5. The number of benzene rings is 2. The predicted molar refractivity (Wildman–Crippen MR) is 124 cm³/mol. The standard InChI is InChI=1S/C25H30ClN3O3/c26-21-8-4-7-20(15-21)25(18-27)11-9-22(10-12-25)29-14-13-28(16-23(29)30)24(31)32-17-19-5-2-1-3-6-19/h1-8,15,22H,9-14,16-18,27H2/t22-,25-. The molecule has 32 heavy (non-hydrogen) atoms. The van der Waals surface area contributed by atoms with Crippen LogP contribution in [0.15, 0.2) is 54.6 Å². The second-order valence-corrected chi connectivity index (χ2v) is 9.21. The summed E-state index contributed by atoms with van der Waals surface area (Å²) in [5.74, 6) is -0.0130. The van der Waals surface area contributed by atoms with Crippen molar-refractivity contribution >= 4 is 23.6 Å². The van der Waals surface area contributed by atoms with E-state index in [1.54, 1.807) is 0 Å². The molecular formula is C25H30ClN3O3. The molecule has 0 bridgehead atoms. The van der Waals surface area contributed by atoms with Gasteiger partial charge in [0.1, 0.15) is 13.2 Å². The number of nitrogens with two attached hydrogens (primary N) is 1. The lowest BCUT2D eigenvalue weighted by atomic mass is 9.68. The van der Waals surface area contributed by atoms with Gasteiger partial charge in [-0.05, 0) is 48.9 Å². The van der Waals surface area contributed by atoms with Crippen molar-refractivity contribution in [2.45, 2.75) is 43.7 Å². The average molecular weight is 456 g/mol. The SMILES string of the molecule is NC[C@]1(c2cccc(Cl)c2)CC[C@H](N2CCN(C(=O)OCc3ccccc3)CC2=O)CC1. The first-order chi connectivity index (χ1) is 15.5. The first kappa shape index (κ1) is 22.6. The van der Waals surface area contributed by atoms with Gasteiger partial charge in [-0.2, -0.15) is 0 Å². The molecule has 0 spiro atoms. The third-order valence-electron chi connectivity index (χ3n) is 6.90. The maximum absolute atomic E-state index is 12.9. The van der Waals surface area contributed by atoms with Crippen molar-refractivity contribution in [3.05, 3.63) is 70.7 Å². The lowest BCUT2D eigenvalue weighted by Gasteiger charge is -2.45. The number of carbonyl (C=O) groups excluding carboxylic acids is 2. The number of amides is 2. The van der Waals surface area contributed by atoms with Crippen molar-refractivity contribution in [2.24, 2.45) is 5.73 Å². The summed E-state index contributed by atoms with van der Waals surface area (Å²) in [7, 11) is 0. The van der Waals surface area contributed by atoms with E-state index in [-0.39, 0.29) is 30.5 Å². The summed E-state index contributed by atoms with van der Waals surface area (Å²) in [5.41, 5.74) is 8.23. The molecule has 0 unspecified atom stereocenters. The smallest absolute Gasteiger partial charge is 0.410 e. The number of piperazine rings is 1. The lowest BCUT2D eigenvalue weighted by molar-refractivity contribution is -0.139. The second kappa shape index (κ2) is 9.92. The van der Waals surface area contributed by atoms with E-state index in [1.807, 2.05) is 53.4 Å². The minimum atomic E-state index is -0.436. The van der Waals surface area contributed by atoms with Crippen LogP contribution in [0, 0.1) is 0 Å². The van der Waals surface area contributed by atoms with Crippen molar-refractivity contribution in [3.63, 3.8) is 0 Å². The van der Waals surface area contributed by atoms with Gasteiger partial charge in [0.25, 0.3) is 0 Å². The molecule has 1 saturated heterocycles. The lowest BCUT2D eigenvalue weighted by Crippen LogP contribution is -2.57. The van der Waals surface area contributed by atoms with Crippen LogP contribution in [-0.4, -0.2) is 54.0 Å². The molecule has 0 atom stereocenters. The van der Waals surface area contributed by atoms with E-state index < -0.39 is 6.09 Å². The van der Waals surface area contributed by atoms with Crippen LogP contribution < -0.4 is 5.73 Å². The second-order valence-electron chi connectivity index (χ2n) is 8.77. The predicted octanol–water partition coefficient (Wildman–Crippen LogP) is 3.96. The van der Waals surface area contributed by atoms with Crippen LogP contribution in [0.3, 0.4) is 0 Å². The Labute approximate surface area is 194 Å². The number of hydrogen-bond acceptors (Lipinski definition) is 4. The summed E-state index contributed by atoms with van der Waals surface area (Å²) in [6.45, 7) is 1.87. The first-order valence-electron chi connectivity index (χ1n) is 11.2. The Kier molecular flexibility index (Phi) is 7.01. The Morgan fingerprint density at radius 2 is 1.84 bits per heavy atom. The van der Waals surface area contributed by atoms with E-state index in [4.69, 9.17) is 22.1 Å². The molecule has 2 amide bonds. The fraction of sp³-hybridized carbons (Fsp3) is 0.440. The largest absolute Gasteiger partial charge is 0.445 e. The van der Waals surface area contributed by atoms with Crippen LogP contribution in [0.1, 0.15) is 36.8 Å². The summed E-state index contributed by atoms with van der Waals surface area (Å²) in [6.07, 6.45) is 3.19. The van der Waals surface area contributed by atoms with Gasteiger partial charge >= 0.3 is 6.09 Å². The number of rotatable bonds is 5. The fourth-order valence-corrected chi connectivity index (χ4v) is 5.13. The molecule has 7 heteroatoms. The maximum Gasteiger partial charge on any atom is 0.410 e. The van der Waals surface area contributed by atoms with E-state index in [0.717, 1.165) is 36.3 Å². The highest BCUT2D eigenvalue weighted by molar-refractivity contribution is 6.30. The number of hydrogen-bond donors (Lipinski definition) is 1. The normalized spacial score (nSPS) is 23.8. The van der Waals surface area contributed by atoms with Crippen molar-refractivity contribution in [2.75, 3.05) is 26.2 Å². The Morgan fingerprint density at radius 3 is 2.50 bits per heavy atom. The van der Waals surface area contributed by atoms with Crippen molar-refractivity contribution in [1.29, 1.82) is 0 Å². The molecular weight excluding hydrogens is 426 g/mol. The number of carbonyl (C=O) groups is 2. The maximum atomic E-state index is 12.9. The van der Waals surface area contributed by atoms with Crippen LogP contribution in [0.5, 0.6) is 0 Å². The highest BCUT2D eigenvalue weighted by Gasteiger charge is 2.40. The van der Waals surface area contributed by atoms with E-state index in [9.17, 15) is 9.59 Å². The first-order valence-corrected chi connectivity index (χ1v) is 11.6. The summed E-state index contributed by atoms with van der Waals surface area (Å²) < 4.78 is 5.39. The van der Waals surface area contributed by atoms with Gasteiger partial charge in [-0.1, -0.05) is 54.1 Å². The van der Waals surface area contributed by atoms with Gasteiger partial charge in [-0.15, -0.1) is 0 Å². The van der Waals surface area contributed by atoms with E-state index in [0.29, 0.717) is 19.6 Å². The molecule has 6 nitrogen and oxygen atoms in total. The summed E-state index contributed by atoms with van der Waals surface area (Å²) >= 11 is 6.21. The topological polar surface area (TPSA) is 75.9 Å². The molecule has 0 radical (unpaired) electrons. The van der Waals surface area contributed by atoms with E-state index in [2.05, 4.69) is 6.07 Å². The van der Waals surface area contributed by atoms with Gasteiger partial charge in [0.2, 0.25) is 5.91 Å². The Morgan fingerprint density at radius 1 is 1.09 bits per heavy atom. The third-order valence-corrected chi connectivity index (χ3v) is 7.14. The van der Waals surface area contributed by atoms with Gasteiger partial charge in [0.15, 0.2) is 0 Å². The third kappa shape index (κ3) is 4.92. The van der Waals surface area contributed by atoms with Crippen LogP contribution >= 0.6 is 11.6 Å². The van der Waals surface area contributed by atoms with Crippen LogP contribution in [0.25, 0.3) is 0 Å². The highest BCUT2D eigenvalue weighted by Crippen LogP contribution is 2.41. The summed E-state index contributed by atoms with van der Waals surface area (Å²) in [4.78, 5) is 28.7. The zero-order chi connectivity index (χ0) is 22.6. The molecule has 4 rings (SSSR count). The molecule has 2 aromatic carbocycles. The molecule has 170 valence electrons. The van der Waals surface area contributed by atoms with Crippen molar-refractivity contribution in [1.82, 2.24) is 9.80 Å². The molecule has 2 N–H and O–H groups in total. The molecule has 1 saturated carbocycles. The summed E-state index contributed by atoms with van der Waals surface area (Å²) in [5, 5.41) is 0.725. The zero-order valence-corrected chi connectivity index (χ0v) is 19.0. The average Bonchev–Trinajstić information content (AvgIpc) is 2.83. The van der Waals surface area contributed by atoms with Gasteiger partial charge in [-0.3, -0.25) is 9.69 Å². The van der Waals surface area contributed by atoms with Gasteiger partial charge in [-0.25, -0.2) is 4.79 Å². The Balaban J connectivity index is 1.31. The fourth-order valence-electron chi connectivity index (χ4n) is 4.93. The van der Waals surface area contributed by atoms with Crippen LogP contribution in [0.2, 0.25) is 5.02 Å². The molecule has 1 aliphatic heterocycles. The number of ether oxygens (including phenoxy) is 1. The summed E-state index contributed by atoms with van der Waals surface area (Å²) in [6, 6.07) is 17.7. The molecule has 1 aliphatic carbocycles. The Bertz CT molecular complexity index is 944. The van der Waals surface area contributed by atoms with Crippen LogP contribution in [0.4, 0.5) is 4.79 Å². The van der Waals surface area contributed by atoms with Crippen LogP contribution in [-0.2, 0) is 21.6 Å². The van der Waals surface area contributed by atoms with Gasteiger partial charge < -0.3 is 15.4 Å². The van der Waals surface area contributed by atoms with E-state index >= 15 is 0 Å². The van der Waals surface area contributed by atoms with Crippen molar-refractivity contribution in [3.8, 4) is 0 Å². The minimum Gasteiger partial charge on any atom is -0.445 e. The van der Waals surface area contributed by atoms with Gasteiger partial charge in [0.05, 0.1) is 0 Å².